The summed E-state index contributed by atoms with van der Waals surface area (Å²) < 4.78 is 5.88. The number of nitrogens with one attached hydrogen (secondary N) is 1. The van der Waals surface area contributed by atoms with Crippen LogP contribution in [0.3, 0.4) is 0 Å². The minimum absolute atomic E-state index is 0.0336. The summed E-state index contributed by atoms with van der Waals surface area (Å²) in [5.41, 5.74) is 0. The van der Waals surface area contributed by atoms with Crippen LogP contribution in [0, 0.1) is 0 Å². The molecule has 0 heterocycles. The van der Waals surface area contributed by atoms with Gasteiger partial charge in [0.1, 0.15) is 6.10 Å². The summed E-state index contributed by atoms with van der Waals surface area (Å²) in [7, 11) is 0. The molecule has 0 aliphatic carbocycles. The zero-order chi connectivity index (χ0) is 41.0. The van der Waals surface area contributed by atoms with Gasteiger partial charge in [0.2, 0.25) is 5.91 Å². The molecule has 6 heteroatoms. The number of carbonyl (C=O) groups is 2. The van der Waals surface area contributed by atoms with Gasteiger partial charge in [0.15, 0.2) is 0 Å². The Bertz CT molecular complexity index is 1060. The molecule has 3 unspecified atom stereocenters. The van der Waals surface area contributed by atoms with E-state index in [4.69, 9.17) is 4.74 Å². The van der Waals surface area contributed by atoms with E-state index in [9.17, 15) is 19.8 Å². The second-order valence-corrected chi connectivity index (χ2v) is 15.4. The van der Waals surface area contributed by atoms with Gasteiger partial charge in [-0.2, -0.15) is 0 Å². The molecule has 0 spiro atoms. The normalized spacial score (nSPS) is 14.0. The lowest BCUT2D eigenvalue weighted by molar-refractivity contribution is -0.151. The summed E-state index contributed by atoms with van der Waals surface area (Å²) in [6, 6.07) is -0.721. The Labute approximate surface area is 345 Å². The van der Waals surface area contributed by atoms with E-state index in [0.717, 1.165) is 96.3 Å². The highest BCUT2D eigenvalue weighted by Gasteiger charge is 2.24. The zero-order valence-electron chi connectivity index (χ0n) is 36.5. The second-order valence-electron chi connectivity index (χ2n) is 15.4. The molecule has 0 aliphatic rings. The number of aliphatic hydroxyl groups excluding tert-OH is 2. The molecule has 0 radical (unpaired) electrons. The number of carbonyl (C=O) groups excluding carboxylic acids is 2. The predicted molar refractivity (Wildman–Crippen MR) is 241 cm³/mol. The molecule has 0 fully saturated rings. The van der Waals surface area contributed by atoms with Crippen LogP contribution in [0.25, 0.3) is 0 Å². The first-order valence-corrected chi connectivity index (χ1v) is 23.2. The van der Waals surface area contributed by atoms with Crippen molar-refractivity contribution >= 4 is 11.9 Å². The molecule has 6 nitrogen and oxygen atoms in total. The fourth-order valence-electron chi connectivity index (χ4n) is 6.58. The van der Waals surface area contributed by atoms with E-state index in [1.807, 2.05) is 0 Å². The zero-order valence-corrected chi connectivity index (χ0v) is 36.5. The maximum Gasteiger partial charge on any atom is 0.306 e. The van der Waals surface area contributed by atoms with Crippen molar-refractivity contribution in [3.05, 3.63) is 72.9 Å². The SMILES string of the molecule is CC/C=C/C/C=C/C/C=C/C/C=C/CCCC(CC(=O)NC(CO)C(O)CCCCCCCCCCC)OC(=O)CCCCCCCCC/C=C/C/C=C/CC. The fourth-order valence-corrected chi connectivity index (χ4v) is 6.58. The number of rotatable bonds is 40. The maximum absolute atomic E-state index is 13.1. The molecule has 322 valence electrons. The van der Waals surface area contributed by atoms with E-state index in [2.05, 4.69) is 99.0 Å². The lowest BCUT2D eigenvalue weighted by atomic mass is 10.0. The molecule has 1 amide bonds. The van der Waals surface area contributed by atoms with Crippen molar-refractivity contribution in [1.82, 2.24) is 5.32 Å². The number of unbranched alkanes of at least 4 members (excludes halogenated alkanes) is 16. The standard InChI is InChI=1S/C50H87NO5/c1-4-7-10-13-16-19-21-23-25-27-30-32-35-38-41-46(56-50(55)43-40-37-34-31-28-26-24-22-20-17-14-11-8-5-2)44-49(54)51-47(45-52)48(53)42-39-36-33-29-18-15-12-9-6-3/h7-8,10-11,16-17,19-20,23,25,30,32,46-48,52-53H,4-6,9,12-15,18,21-22,24,26-29,31,33-45H2,1-3H3,(H,51,54)/b10-7+,11-8+,19-16+,20-17+,25-23+,32-30+. The fraction of sp³-hybridized carbons (Fsp3) is 0.720. The van der Waals surface area contributed by atoms with Gasteiger partial charge in [0.25, 0.3) is 0 Å². The number of hydrogen-bond donors (Lipinski definition) is 3. The van der Waals surface area contributed by atoms with E-state index >= 15 is 0 Å². The number of amides is 1. The molecule has 0 bridgehead atoms. The van der Waals surface area contributed by atoms with Crippen LogP contribution < -0.4 is 5.32 Å². The number of aliphatic hydroxyl groups is 2. The quantitative estimate of drug-likeness (QED) is 0.0327. The summed E-state index contributed by atoms with van der Waals surface area (Å²) in [5, 5.41) is 23.6. The lowest BCUT2D eigenvalue weighted by Gasteiger charge is -2.24. The van der Waals surface area contributed by atoms with E-state index in [-0.39, 0.29) is 24.9 Å². The first-order chi connectivity index (χ1) is 27.5. The third kappa shape index (κ3) is 38.2. The van der Waals surface area contributed by atoms with Crippen LogP contribution in [-0.2, 0) is 14.3 Å². The molecule has 0 aromatic heterocycles. The molecular formula is C50H87NO5. The molecular weight excluding hydrogens is 695 g/mol. The summed E-state index contributed by atoms with van der Waals surface area (Å²) in [6.45, 7) is 6.21. The minimum atomic E-state index is -0.803. The average molecular weight is 782 g/mol. The topological polar surface area (TPSA) is 95.9 Å². The molecule has 0 rings (SSSR count). The summed E-state index contributed by atoms with van der Waals surface area (Å²) in [4.78, 5) is 26.0. The predicted octanol–water partition coefficient (Wildman–Crippen LogP) is 13.4. The average Bonchev–Trinajstić information content (AvgIpc) is 3.19. The van der Waals surface area contributed by atoms with Gasteiger partial charge in [0.05, 0.1) is 25.2 Å². The van der Waals surface area contributed by atoms with Crippen LogP contribution in [0.4, 0.5) is 0 Å². The summed E-state index contributed by atoms with van der Waals surface area (Å²) in [5.74, 6) is -0.545. The van der Waals surface area contributed by atoms with Crippen LogP contribution in [0.1, 0.15) is 207 Å². The Morgan fingerprint density at radius 1 is 0.536 bits per heavy atom. The van der Waals surface area contributed by atoms with Gasteiger partial charge >= 0.3 is 5.97 Å². The first kappa shape index (κ1) is 53.3. The van der Waals surface area contributed by atoms with Crippen molar-refractivity contribution in [2.75, 3.05) is 6.61 Å². The van der Waals surface area contributed by atoms with Gasteiger partial charge in [-0.25, -0.2) is 0 Å². The Hall–Kier alpha value is -2.70. The number of esters is 1. The van der Waals surface area contributed by atoms with Crippen molar-refractivity contribution in [3.8, 4) is 0 Å². The van der Waals surface area contributed by atoms with Gasteiger partial charge < -0.3 is 20.3 Å². The second kappa shape index (κ2) is 43.4. The third-order valence-electron chi connectivity index (χ3n) is 10.0. The van der Waals surface area contributed by atoms with Crippen LogP contribution in [-0.4, -0.2) is 46.9 Å². The summed E-state index contributed by atoms with van der Waals surface area (Å²) >= 11 is 0. The minimum Gasteiger partial charge on any atom is -0.462 e. The van der Waals surface area contributed by atoms with Gasteiger partial charge in [0, 0.05) is 6.42 Å². The maximum atomic E-state index is 13.1. The molecule has 3 atom stereocenters. The molecule has 0 aromatic carbocycles. The van der Waals surface area contributed by atoms with E-state index in [0.29, 0.717) is 19.3 Å². The Kier molecular flexibility index (Phi) is 41.3. The molecule has 0 saturated heterocycles. The largest absolute Gasteiger partial charge is 0.462 e. The van der Waals surface area contributed by atoms with Crippen molar-refractivity contribution in [2.24, 2.45) is 0 Å². The Morgan fingerprint density at radius 2 is 0.982 bits per heavy atom. The highest BCUT2D eigenvalue weighted by atomic mass is 16.5. The smallest absolute Gasteiger partial charge is 0.306 e. The highest BCUT2D eigenvalue weighted by Crippen LogP contribution is 2.16. The third-order valence-corrected chi connectivity index (χ3v) is 10.0. The molecule has 3 N–H and O–H groups in total. The van der Waals surface area contributed by atoms with Crippen molar-refractivity contribution < 1.29 is 24.5 Å². The van der Waals surface area contributed by atoms with Crippen LogP contribution >= 0.6 is 0 Å². The van der Waals surface area contributed by atoms with Gasteiger partial charge in [-0.05, 0) is 83.5 Å². The lowest BCUT2D eigenvalue weighted by Crippen LogP contribution is -2.46. The van der Waals surface area contributed by atoms with E-state index in [1.54, 1.807) is 0 Å². The van der Waals surface area contributed by atoms with Gasteiger partial charge in [-0.3, -0.25) is 9.59 Å². The molecule has 0 aliphatic heterocycles. The first-order valence-electron chi connectivity index (χ1n) is 23.2. The van der Waals surface area contributed by atoms with Crippen LogP contribution in [0.15, 0.2) is 72.9 Å². The Morgan fingerprint density at radius 3 is 1.50 bits per heavy atom. The highest BCUT2D eigenvalue weighted by molar-refractivity contribution is 5.77. The van der Waals surface area contributed by atoms with Crippen molar-refractivity contribution in [1.29, 1.82) is 0 Å². The number of hydrogen-bond acceptors (Lipinski definition) is 5. The molecule has 0 aromatic rings. The van der Waals surface area contributed by atoms with Crippen molar-refractivity contribution in [3.63, 3.8) is 0 Å². The van der Waals surface area contributed by atoms with Gasteiger partial charge in [-0.1, -0.05) is 184 Å². The summed E-state index contributed by atoms with van der Waals surface area (Å²) in [6.07, 6.45) is 54.0. The van der Waals surface area contributed by atoms with Crippen molar-refractivity contribution in [2.45, 2.75) is 225 Å². The van der Waals surface area contributed by atoms with Crippen LogP contribution in [0.2, 0.25) is 0 Å². The molecule has 0 saturated carbocycles. The molecule has 56 heavy (non-hydrogen) atoms. The number of ether oxygens (including phenoxy) is 1. The van der Waals surface area contributed by atoms with Gasteiger partial charge in [-0.15, -0.1) is 0 Å². The monoisotopic (exact) mass is 782 g/mol. The van der Waals surface area contributed by atoms with E-state index < -0.39 is 18.2 Å². The number of allylic oxidation sites excluding steroid dienone is 12. The van der Waals surface area contributed by atoms with Crippen LogP contribution in [0.5, 0.6) is 0 Å². The van der Waals surface area contributed by atoms with E-state index in [1.165, 1.54) is 64.2 Å². The Balaban J connectivity index is 4.72.